The van der Waals surface area contributed by atoms with E-state index in [9.17, 15) is 5.11 Å². The van der Waals surface area contributed by atoms with Crippen LogP contribution in [0.15, 0.2) is 46.8 Å². The van der Waals surface area contributed by atoms with E-state index >= 15 is 0 Å². The second-order valence-corrected chi connectivity index (χ2v) is 9.19. The molecular formula is C24H26N4O2. The van der Waals surface area contributed by atoms with Gasteiger partial charge >= 0.3 is 0 Å². The van der Waals surface area contributed by atoms with Gasteiger partial charge in [-0.15, -0.1) is 0 Å². The Labute approximate surface area is 175 Å². The second kappa shape index (κ2) is 6.38. The van der Waals surface area contributed by atoms with Crippen molar-refractivity contribution < 1.29 is 9.84 Å². The highest BCUT2D eigenvalue weighted by Crippen LogP contribution is 2.47. The molecule has 3 heterocycles. The highest BCUT2D eigenvalue weighted by molar-refractivity contribution is 5.84. The fourth-order valence-corrected chi connectivity index (χ4v) is 5.22. The maximum absolute atomic E-state index is 10.8. The lowest BCUT2D eigenvalue weighted by molar-refractivity contribution is 0.244. The predicted molar refractivity (Wildman–Crippen MR) is 117 cm³/mol. The van der Waals surface area contributed by atoms with Gasteiger partial charge in [0.1, 0.15) is 17.9 Å². The number of allylic oxidation sites excluding steroid dienone is 1. The lowest BCUT2D eigenvalue weighted by atomic mass is 9.85. The molecule has 1 aromatic heterocycles. The van der Waals surface area contributed by atoms with Gasteiger partial charge in [-0.2, -0.15) is 0 Å². The van der Waals surface area contributed by atoms with Gasteiger partial charge < -0.3 is 15.2 Å². The molecule has 1 spiro atoms. The van der Waals surface area contributed by atoms with E-state index in [2.05, 4.69) is 28.5 Å². The quantitative estimate of drug-likeness (QED) is 0.792. The zero-order valence-electron chi connectivity index (χ0n) is 17.4. The van der Waals surface area contributed by atoms with Crippen molar-refractivity contribution in [3.63, 3.8) is 0 Å². The van der Waals surface area contributed by atoms with Gasteiger partial charge in [-0.05, 0) is 74.4 Å². The molecule has 1 aromatic carbocycles. The lowest BCUT2D eigenvalue weighted by Gasteiger charge is -2.30. The van der Waals surface area contributed by atoms with Crippen LogP contribution in [0.2, 0.25) is 0 Å². The van der Waals surface area contributed by atoms with E-state index in [1.54, 1.807) is 6.20 Å². The van der Waals surface area contributed by atoms with E-state index < -0.39 is 0 Å². The van der Waals surface area contributed by atoms with Crippen LogP contribution in [0.3, 0.4) is 0 Å². The molecule has 2 aliphatic carbocycles. The summed E-state index contributed by atoms with van der Waals surface area (Å²) in [6.07, 6.45) is 8.50. The zero-order valence-corrected chi connectivity index (χ0v) is 17.4. The van der Waals surface area contributed by atoms with Crippen molar-refractivity contribution in [1.82, 2.24) is 15.3 Å². The molecule has 6 heteroatoms. The van der Waals surface area contributed by atoms with E-state index in [4.69, 9.17) is 14.7 Å². The summed E-state index contributed by atoms with van der Waals surface area (Å²) in [5.41, 5.74) is 5.67. The number of aromatic nitrogens is 2. The average molecular weight is 402 g/mol. The summed E-state index contributed by atoms with van der Waals surface area (Å²) in [6, 6.07) is 6.32. The highest BCUT2D eigenvalue weighted by atomic mass is 16.5. The molecule has 1 saturated heterocycles. The minimum atomic E-state index is -0.189. The number of ether oxygens (including phenoxy) is 1. The van der Waals surface area contributed by atoms with Gasteiger partial charge in [-0.1, -0.05) is 6.07 Å². The van der Waals surface area contributed by atoms with Gasteiger partial charge in [-0.3, -0.25) is 4.98 Å². The molecule has 1 saturated carbocycles. The number of fused-ring (bicyclic) bond motifs is 2. The maximum Gasteiger partial charge on any atom is 0.181 e. The van der Waals surface area contributed by atoms with Crippen LogP contribution in [0.1, 0.15) is 56.7 Å². The Morgan fingerprint density at radius 1 is 1.20 bits per heavy atom. The SMILES string of the molecule is CC1=NC2C(C)=C(O)C(c3cnc4cc([C@@H]5CCNC6(CC6)C5)ccc4n3)=CC2O1. The Balaban J connectivity index is 1.32. The maximum atomic E-state index is 10.8. The minimum absolute atomic E-state index is 0.149. The minimum Gasteiger partial charge on any atom is -0.507 e. The monoisotopic (exact) mass is 402 g/mol. The van der Waals surface area contributed by atoms with Crippen molar-refractivity contribution in [3.8, 4) is 0 Å². The predicted octanol–water partition coefficient (Wildman–Crippen LogP) is 4.04. The number of rotatable bonds is 2. The van der Waals surface area contributed by atoms with E-state index in [0.29, 0.717) is 28.6 Å². The molecule has 30 heavy (non-hydrogen) atoms. The molecule has 2 fully saturated rings. The zero-order chi connectivity index (χ0) is 20.5. The summed E-state index contributed by atoms with van der Waals surface area (Å²) in [6.45, 7) is 4.84. The van der Waals surface area contributed by atoms with Crippen molar-refractivity contribution >= 4 is 22.5 Å². The van der Waals surface area contributed by atoms with Crippen LogP contribution in [-0.2, 0) is 4.74 Å². The molecule has 0 bridgehead atoms. The third-order valence-electron chi connectivity index (χ3n) is 7.14. The molecule has 0 radical (unpaired) electrons. The molecule has 2 N–H and O–H groups in total. The first-order valence-corrected chi connectivity index (χ1v) is 10.9. The molecule has 3 atom stereocenters. The third kappa shape index (κ3) is 2.85. The summed E-state index contributed by atoms with van der Waals surface area (Å²) in [7, 11) is 0. The highest BCUT2D eigenvalue weighted by Gasteiger charge is 2.46. The summed E-state index contributed by atoms with van der Waals surface area (Å²) < 4.78 is 5.80. The largest absolute Gasteiger partial charge is 0.507 e. The van der Waals surface area contributed by atoms with Crippen LogP contribution in [0.4, 0.5) is 0 Å². The van der Waals surface area contributed by atoms with Crippen LogP contribution >= 0.6 is 0 Å². The molecule has 6 nitrogen and oxygen atoms in total. The van der Waals surface area contributed by atoms with Gasteiger partial charge in [0.05, 0.1) is 22.9 Å². The molecule has 6 rings (SSSR count). The van der Waals surface area contributed by atoms with Gasteiger partial charge in [0.15, 0.2) is 5.90 Å². The molecule has 4 aliphatic rings. The van der Waals surface area contributed by atoms with Crippen molar-refractivity contribution in [1.29, 1.82) is 0 Å². The number of benzene rings is 1. The van der Waals surface area contributed by atoms with Gasteiger partial charge in [0.2, 0.25) is 0 Å². The summed E-state index contributed by atoms with van der Waals surface area (Å²) in [4.78, 5) is 14.0. The van der Waals surface area contributed by atoms with Crippen LogP contribution in [0, 0.1) is 0 Å². The van der Waals surface area contributed by atoms with E-state index in [1.165, 1.54) is 31.2 Å². The first kappa shape index (κ1) is 18.1. The average Bonchev–Trinajstić information content (AvgIpc) is 3.38. The fourth-order valence-electron chi connectivity index (χ4n) is 5.22. The number of hydrogen-bond acceptors (Lipinski definition) is 6. The second-order valence-electron chi connectivity index (χ2n) is 9.19. The van der Waals surface area contributed by atoms with Crippen LogP contribution in [-0.4, -0.2) is 45.2 Å². The molecular weight excluding hydrogens is 376 g/mol. The fraction of sp³-hybridized carbons (Fsp3) is 0.458. The first-order chi connectivity index (χ1) is 14.5. The van der Waals surface area contributed by atoms with E-state index in [-0.39, 0.29) is 17.9 Å². The number of nitrogens with one attached hydrogen (secondary N) is 1. The number of nitrogens with zero attached hydrogens (tertiary/aromatic N) is 3. The van der Waals surface area contributed by atoms with E-state index in [0.717, 1.165) is 23.2 Å². The molecule has 0 amide bonds. The standard InChI is InChI=1S/C24H26N4O2/c1-13-22-21(30-14(2)27-22)10-17(23(13)29)20-12-25-19-9-15(3-4-18(19)28-20)16-5-8-26-24(11-16)6-7-24/h3-4,9-10,12,16,21-22,26,29H,5-8,11H2,1-2H3/t16-,21?,22?/m1/s1. The van der Waals surface area contributed by atoms with Crippen LogP contribution in [0.5, 0.6) is 0 Å². The first-order valence-electron chi connectivity index (χ1n) is 10.9. The van der Waals surface area contributed by atoms with Gasteiger partial charge in [0, 0.05) is 18.0 Å². The van der Waals surface area contributed by atoms with Crippen molar-refractivity contribution in [2.75, 3.05) is 6.54 Å². The Morgan fingerprint density at radius 3 is 2.90 bits per heavy atom. The molecule has 2 unspecified atom stereocenters. The molecule has 2 aliphatic heterocycles. The normalized spacial score (nSPS) is 29.5. The summed E-state index contributed by atoms with van der Waals surface area (Å²) in [5, 5.41) is 14.5. The van der Waals surface area contributed by atoms with E-state index in [1.807, 2.05) is 19.9 Å². The summed E-state index contributed by atoms with van der Waals surface area (Å²) >= 11 is 0. The van der Waals surface area contributed by atoms with Crippen molar-refractivity contribution in [3.05, 3.63) is 53.1 Å². The third-order valence-corrected chi connectivity index (χ3v) is 7.14. The number of aliphatic imine (C=N–C) groups is 1. The van der Waals surface area contributed by atoms with Gasteiger partial charge in [0.25, 0.3) is 0 Å². The summed E-state index contributed by atoms with van der Waals surface area (Å²) in [5.74, 6) is 1.47. The Morgan fingerprint density at radius 2 is 2.07 bits per heavy atom. The Kier molecular flexibility index (Phi) is 3.84. The number of piperidine rings is 1. The van der Waals surface area contributed by atoms with Gasteiger partial charge in [-0.25, -0.2) is 9.98 Å². The molecule has 2 aromatic rings. The Hall–Kier alpha value is -2.73. The van der Waals surface area contributed by atoms with Crippen molar-refractivity contribution in [2.45, 2.75) is 63.1 Å². The lowest BCUT2D eigenvalue weighted by Crippen LogP contribution is -2.39. The topological polar surface area (TPSA) is 79.6 Å². The number of aliphatic hydroxyl groups is 1. The number of aliphatic hydroxyl groups excluding tert-OH is 1. The van der Waals surface area contributed by atoms with Crippen LogP contribution < -0.4 is 5.32 Å². The number of hydrogen-bond donors (Lipinski definition) is 2. The molecule has 154 valence electrons. The van der Waals surface area contributed by atoms with Crippen molar-refractivity contribution in [2.24, 2.45) is 4.99 Å². The smallest absolute Gasteiger partial charge is 0.181 e. The van der Waals surface area contributed by atoms with Crippen LogP contribution in [0.25, 0.3) is 16.6 Å². The Bertz CT molecular complexity index is 1150.